The summed E-state index contributed by atoms with van der Waals surface area (Å²) in [6.07, 6.45) is 3.51. The van der Waals surface area contributed by atoms with Gasteiger partial charge >= 0.3 is 0 Å². The van der Waals surface area contributed by atoms with Gasteiger partial charge in [0, 0.05) is 24.8 Å². The van der Waals surface area contributed by atoms with Gasteiger partial charge in [0.1, 0.15) is 6.07 Å². The van der Waals surface area contributed by atoms with Gasteiger partial charge in [-0.2, -0.15) is 5.26 Å². The van der Waals surface area contributed by atoms with Gasteiger partial charge in [0.15, 0.2) is 0 Å². The second-order valence-corrected chi connectivity index (χ2v) is 4.93. The minimum absolute atomic E-state index is 0.354. The molecule has 18 heavy (non-hydrogen) atoms. The number of aromatic nitrogens is 1. The average Bonchev–Trinajstić information content (AvgIpc) is 2.38. The van der Waals surface area contributed by atoms with Crippen molar-refractivity contribution < 1.29 is 0 Å². The van der Waals surface area contributed by atoms with Gasteiger partial charge in [-0.15, -0.1) is 0 Å². The molecule has 0 radical (unpaired) electrons. The number of hydrogen-bond acceptors (Lipinski definition) is 4. The first-order chi connectivity index (χ1) is 8.67. The smallest absolute Gasteiger partial charge is 0.103 e. The van der Waals surface area contributed by atoms with E-state index in [1.165, 1.54) is 12.8 Å². The molecule has 96 valence electrons. The summed E-state index contributed by atoms with van der Waals surface area (Å²) < 4.78 is 0. The van der Waals surface area contributed by atoms with Crippen molar-refractivity contribution in [1.82, 2.24) is 4.98 Å². The fraction of sp³-hybridized carbons (Fsp3) is 0.571. The zero-order chi connectivity index (χ0) is 13.1. The Morgan fingerprint density at radius 1 is 1.50 bits per heavy atom. The number of nitriles is 1. The van der Waals surface area contributed by atoms with Gasteiger partial charge in [-0.25, -0.2) is 0 Å². The molecule has 1 aromatic rings. The highest BCUT2D eigenvalue weighted by Gasteiger charge is 2.24. The second kappa shape index (κ2) is 5.36. The first kappa shape index (κ1) is 12.8. The molecular formula is C14H20N4. The van der Waals surface area contributed by atoms with Gasteiger partial charge in [-0.3, -0.25) is 4.98 Å². The quantitative estimate of drug-likeness (QED) is 0.862. The van der Waals surface area contributed by atoms with Crippen LogP contribution in [-0.2, 0) is 0 Å². The molecule has 0 amide bonds. The van der Waals surface area contributed by atoms with Crippen molar-refractivity contribution in [2.45, 2.75) is 39.2 Å². The summed E-state index contributed by atoms with van der Waals surface area (Å²) in [5.74, 6) is 0. The van der Waals surface area contributed by atoms with E-state index in [-0.39, 0.29) is 0 Å². The van der Waals surface area contributed by atoms with Crippen LogP contribution in [0, 0.1) is 25.2 Å². The average molecular weight is 244 g/mol. The largest absolute Gasteiger partial charge is 0.366 e. The van der Waals surface area contributed by atoms with Crippen LogP contribution in [0.4, 0.5) is 5.69 Å². The summed E-state index contributed by atoms with van der Waals surface area (Å²) in [5, 5.41) is 9.33. The summed E-state index contributed by atoms with van der Waals surface area (Å²) >= 11 is 0. The molecule has 1 fully saturated rings. The Morgan fingerprint density at radius 3 is 2.94 bits per heavy atom. The molecule has 4 nitrogen and oxygen atoms in total. The van der Waals surface area contributed by atoms with E-state index in [2.05, 4.69) is 16.0 Å². The van der Waals surface area contributed by atoms with Gasteiger partial charge in [0.2, 0.25) is 0 Å². The van der Waals surface area contributed by atoms with Crippen LogP contribution in [0.1, 0.15) is 36.2 Å². The molecule has 1 unspecified atom stereocenters. The highest BCUT2D eigenvalue weighted by Crippen LogP contribution is 2.29. The third kappa shape index (κ3) is 2.32. The van der Waals surface area contributed by atoms with Crippen molar-refractivity contribution >= 4 is 5.69 Å². The van der Waals surface area contributed by atoms with Crippen LogP contribution in [0.5, 0.6) is 0 Å². The molecule has 2 rings (SSSR count). The lowest BCUT2D eigenvalue weighted by atomic mass is 9.99. The van der Waals surface area contributed by atoms with Gasteiger partial charge in [-0.05, 0) is 39.2 Å². The van der Waals surface area contributed by atoms with Gasteiger partial charge < -0.3 is 10.6 Å². The number of nitrogens with two attached hydrogens (primary N) is 1. The fourth-order valence-corrected chi connectivity index (χ4v) is 2.74. The third-order valence-corrected chi connectivity index (χ3v) is 3.63. The molecule has 2 N–H and O–H groups in total. The SMILES string of the molecule is Cc1cc(N2CCCCC2CN)c(C#N)c(C)n1. The number of aryl methyl sites for hydroxylation is 2. The highest BCUT2D eigenvalue weighted by molar-refractivity contribution is 5.62. The fourth-order valence-electron chi connectivity index (χ4n) is 2.74. The van der Waals surface area contributed by atoms with E-state index in [1.54, 1.807) is 0 Å². The van der Waals surface area contributed by atoms with E-state index in [0.717, 1.165) is 30.0 Å². The normalized spacial score (nSPS) is 19.7. The van der Waals surface area contributed by atoms with Crippen LogP contribution in [0.15, 0.2) is 6.07 Å². The molecule has 0 bridgehead atoms. The molecule has 1 saturated heterocycles. The van der Waals surface area contributed by atoms with Crippen LogP contribution in [0.25, 0.3) is 0 Å². The topological polar surface area (TPSA) is 65.9 Å². The lowest BCUT2D eigenvalue weighted by Crippen LogP contribution is -2.44. The number of pyridine rings is 1. The third-order valence-electron chi connectivity index (χ3n) is 3.63. The first-order valence-electron chi connectivity index (χ1n) is 6.52. The summed E-state index contributed by atoms with van der Waals surface area (Å²) in [6.45, 7) is 5.50. The van der Waals surface area contributed by atoms with Crippen molar-refractivity contribution in [3.05, 3.63) is 23.0 Å². The molecule has 1 aliphatic rings. The van der Waals surface area contributed by atoms with E-state index in [4.69, 9.17) is 5.73 Å². The summed E-state index contributed by atoms with van der Waals surface area (Å²) in [4.78, 5) is 6.67. The first-order valence-corrected chi connectivity index (χ1v) is 6.52. The number of nitrogens with zero attached hydrogens (tertiary/aromatic N) is 3. The molecule has 0 aliphatic carbocycles. The maximum atomic E-state index is 9.33. The van der Waals surface area contributed by atoms with E-state index in [0.29, 0.717) is 18.2 Å². The van der Waals surface area contributed by atoms with Gasteiger partial charge in [0.05, 0.1) is 16.9 Å². The molecule has 2 heterocycles. The Hall–Kier alpha value is -1.60. The summed E-state index contributed by atoms with van der Waals surface area (Å²) in [5.41, 5.74) is 9.34. The van der Waals surface area contributed by atoms with Crippen molar-refractivity contribution in [2.24, 2.45) is 5.73 Å². The molecule has 1 atom stereocenters. The lowest BCUT2D eigenvalue weighted by Gasteiger charge is -2.37. The number of hydrogen-bond donors (Lipinski definition) is 1. The van der Waals surface area contributed by atoms with Crippen molar-refractivity contribution in [3.8, 4) is 6.07 Å². The Balaban J connectivity index is 2.45. The molecule has 0 aromatic carbocycles. The maximum absolute atomic E-state index is 9.33. The van der Waals surface area contributed by atoms with Crippen LogP contribution in [-0.4, -0.2) is 24.1 Å². The Bertz CT molecular complexity index is 475. The molecule has 0 spiro atoms. The van der Waals surface area contributed by atoms with Crippen molar-refractivity contribution in [1.29, 1.82) is 5.26 Å². The molecular weight excluding hydrogens is 224 g/mol. The minimum Gasteiger partial charge on any atom is -0.366 e. The number of piperidine rings is 1. The van der Waals surface area contributed by atoms with Gasteiger partial charge in [0.25, 0.3) is 0 Å². The predicted octanol–water partition coefficient (Wildman–Crippen LogP) is 1.89. The molecule has 1 aliphatic heterocycles. The second-order valence-electron chi connectivity index (χ2n) is 4.93. The standard InChI is InChI=1S/C14H20N4/c1-10-7-14(13(9-16)11(2)17-10)18-6-4-3-5-12(18)8-15/h7,12H,3-6,8,15H2,1-2H3. The number of rotatable bonds is 2. The number of anilines is 1. The summed E-state index contributed by atoms with van der Waals surface area (Å²) in [6, 6.07) is 4.66. The zero-order valence-corrected chi connectivity index (χ0v) is 11.1. The van der Waals surface area contributed by atoms with Gasteiger partial charge in [-0.1, -0.05) is 0 Å². The highest BCUT2D eigenvalue weighted by atomic mass is 15.2. The molecule has 0 saturated carbocycles. The summed E-state index contributed by atoms with van der Waals surface area (Å²) in [7, 11) is 0. The van der Waals surface area contributed by atoms with E-state index in [9.17, 15) is 5.26 Å². The Labute approximate surface area is 108 Å². The van der Waals surface area contributed by atoms with Crippen LogP contribution < -0.4 is 10.6 Å². The Morgan fingerprint density at radius 2 is 2.28 bits per heavy atom. The van der Waals surface area contributed by atoms with Crippen LogP contribution >= 0.6 is 0 Å². The van der Waals surface area contributed by atoms with Crippen LogP contribution in [0.3, 0.4) is 0 Å². The van der Waals surface area contributed by atoms with Crippen LogP contribution in [0.2, 0.25) is 0 Å². The lowest BCUT2D eigenvalue weighted by molar-refractivity contribution is 0.465. The van der Waals surface area contributed by atoms with Crippen molar-refractivity contribution in [3.63, 3.8) is 0 Å². The predicted molar refractivity (Wildman–Crippen MR) is 72.5 cm³/mol. The maximum Gasteiger partial charge on any atom is 0.103 e. The van der Waals surface area contributed by atoms with E-state index >= 15 is 0 Å². The molecule has 1 aromatic heterocycles. The monoisotopic (exact) mass is 244 g/mol. The van der Waals surface area contributed by atoms with E-state index < -0.39 is 0 Å². The Kier molecular flexibility index (Phi) is 3.83. The zero-order valence-electron chi connectivity index (χ0n) is 11.1. The molecule has 4 heteroatoms. The minimum atomic E-state index is 0.354. The van der Waals surface area contributed by atoms with E-state index in [1.807, 2.05) is 19.9 Å². The van der Waals surface area contributed by atoms with Crippen molar-refractivity contribution in [2.75, 3.05) is 18.0 Å².